The Kier molecular flexibility index (Phi) is 3.42. The fourth-order valence-electron chi connectivity index (χ4n) is 2.27. The van der Waals surface area contributed by atoms with Gasteiger partial charge in [0.05, 0.1) is 16.0 Å². The van der Waals surface area contributed by atoms with E-state index < -0.39 is 4.75 Å². The number of carbonyl (C=O) groups is 1. The quantitative estimate of drug-likeness (QED) is 0.889. The highest BCUT2D eigenvalue weighted by Crippen LogP contribution is 2.47. The summed E-state index contributed by atoms with van der Waals surface area (Å²) in [7, 11) is 0. The molecular formula is C16H15NO2S2. The van der Waals surface area contributed by atoms with Crippen molar-refractivity contribution in [3.63, 3.8) is 0 Å². The number of aromatic nitrogens is 1. The number of aliphatic hydroxyl groups is 1. The first-order chi connectivity index (χ1) is 9.90. The monoisotopic (exact) mass is 317 g/mol. The summed E-state index contributed by atoms with van der Waals surface area (Å²) < 4.78 is -0.574. The van der Waals surface area contributed by atoms with Crippen molar-refractivity contribution in [2.24, 2.45) is 0 Å². The van der Waals surface area contributed by atoms with Crippen LogP contribution in [0.15, 0.2) is 36.1 Å². The van der Waals surface area contributed by atoms with Crippen LogP contribution in [0.5, 0.6) is 0 Å². The number of benzene rings is 1. The first-order valence-electron chi connectivity index (χ1n) is 6.60. The molecule has 0 atom stereocenters. The van der Waals surface area contributed by atoms with Crippen molar-refractivity contribution in [3.05, 3.63) is 46.7 Å². The van der Waals surface area contributed by atoms with Crippen molar-refractivity contribution in [2.75, 3.05) is 0 Å². The van der Waals surface area contributed by atoms with Crippen LogP contribution in [-0.2, 0) is 4.79 Å². The highest BCUT2D eigenvalue weighted by molar-refractivity contribution is 8.16. The highest BCUT2D eigenvalue weighted by Gasteiger charge is 2.41. The summed E-state index contributed by atoms with van der Waals surface area (Å²) in [6.45, 7) is 5.62. The number of carbonyl (C=O) groups excluding carboxylic acids is 1. The third kappa shape index (κ3) is 2.40. The number of hydrogen-bond donors (Lipinski definition) is 1. The van der Waals surface area contributed by atoms with E-state index in [4.69, 9.17) is 0 Å². The number of hydrogen-bond acceptors (Lipinski definition) is 5. The molecule has 1 N–H and O–H groups in total. The van der Waals surface area contributed by atoms with E-state index in [-0.39, 0.29) is 10.9 Å². The molecule has 1 aromatic heterocycles. The Bertz CT molecular complexity index is 745. The van der Waals surface area contributed by atoms with Gasteiger partial charge in [0.2, 0.25) is 5.12 Å². The molecule has 2 heterocycles. The van der Waals surface area contributed by atoms with Gasteiger partial charge in [0.25, 0.3) is 0 Å². The lowest BCUT2D eigenvalue weighted by molar-refractivity contribution is -0.106. The number of thioether (sulfide) groups is 1. The van der Waals surface area contributed by atoms with Crippen LogP contribution in [0.1, 0.15) is 24.4 Å². The van der Waals surface area contributed by atoms with Crippen LogP contribution < -0.4 is 0 Å². The van der Waals surface area contributed by atoms with Gasteiger partial charge in [0.1, 0.15) is 10.8 Å². The molecule has 2 aromatic rings. The minimum atomic E-state index is -0.574. The molecule has 0 aliphatic carbocycles. The zero-order valence-electron chi connectivity index (χ0n) is 12.0. The second-order valence-electron chi connectivity index (χ2n) is 5.41. The Morgan fingerprint density at radius 1 is 1.19 bits per heavy atom. The van der Waals surface area contributed by atoms with Crippen molar-refractivity contribution in [1.82, 2.24) is 4.98 Å². The van der Waals surface area contributed by atoms with Gasteiger partial charge in [-0.2, -0.15) is 0 Å². The predicted octanol–water partition coefficient (Wildman–Crippen LogP) is 4.44. The summed E-state index contributed by atoms with van der Waals surface area (Å²) in [5.74, 6) is 0.130. The van der Waals surface area contributed by atoms with E-state index >= 15 is 0 Å². The number of aryl methyl sites for hydroxylation is 1. The molecule has 0 fully saturated rings. The maximum Gasteiger partial charge on any atom is 0.225 e. The summed E-state index contributed by atoms with van der Waals surface area (Å²) in [4.78, 5) is 17.7. The van der Waals surface area contributed by atoms with Crippen molar-refractivity contribution >= 4 is 33.8 Å². The molecule has 0 saturated heterocycles. The fourth-order valence-corrected chi connectivity index (χ4v) is 4.15. The SMILES string of the molecule is Cc1sc(-c2ccccc2)nc1C1=C(O)C(C)(C)SC1=O. The number of thiazole rings is 1. The lowest BCUT2D eigenvalue weighted by Gasteiger charge is -2.14. The zero-order valence-corrected chi connectivity index (χ0v) is 13.6. The van der Waals surface area contributed by atoms with E-state index in [9.17, 15) is 9.90 Å². The predicted molar refractivity (Wildman–Crippen MR) is 88.5 cm³/mol. The molecule has 0 saturated carbocycles. The summed E-state index contributed by atoms with van der Waals surface area (Å²) in [6, 6.07) is 9.86. The Morgan fingerprint density at radius 3 is 2.43 bits per heavy atom. The molecule has 0 radical (unpaired) electrons. The minimum Gasteiger partial charge on any atom is -0.510 e. The first-order valence-corrected chi connectivity index (χ1v) is 8.24. The summed E-state index contributed by atoms with van der Waals surface area (Å²) in [6.07, 6.45) is 0. The van der Waals surface area contributed by atoms with Gasteiger partial charge in [-0.25, -0.2) is 4.98 Å². The van der Waals surface area contributed by atoms with Crippen LogP contribution in [-0.4, -0.2) is 20.0 Å². The third-order valence-electron chi connectivity index (χ3n) is 3.41. The van der Waals surface area contributed by atoms with E-state index in [1.807, 2.05) is 51.1 Å². The molecule has 0 spiro atoms. The lowest BCUT2D eigenvalue weighted by atomic mass is 10.0. The average Bonchev–Trinajstić information content (AvgIpc) is 2.90. The Labute approximate surface area is 131 Å². The molecule has 0 unspecified atom stereocenters. The lowest BCUT2D eigenvalue weighted by Crippen LogP contribution is -2.14. The third-order valence-corrected chi connectivity index (χ3v) is 5.53. The molecule has 3 nitrogen and oxygen atoms in total. The first kappa shape index (κ1) is 14.4. The van der Waals surface area contributed by atoms with Gasteiger partial charge in [-0.3, -0.25) is 4.79 Å². The Hall–Kier alpha value is -1.59. The van der Waals surface area contributed by atoms with Gasteiger partial charge in [0, 0.05) is 10.4 Å². The van der Waals surface area contributed by atoms with Gasteiger partial charge in [-0.05, 0) is 20.8 Å². The van der Waals surface area contributed by atoms with Crippen LogP contribution in [0.25, 0.3) is 16.1 Å². The zero-order chi connectivity index (χ0) is 15.2. The normalized spacial score (nSPS) is 17.6. The molecule has 0 amide bonds. The smallest absolute Gasteiger partial charge is 0.225 e. The molecule has 5 heteroatoms. The maximum atomic E-state index is 12.2. The maximum absolute atomic E-state index is 12.2. The van der Waals surface area contributed by atoms with Crippen molar-refractivity contribution in [2.45, 2.75) is 25.5 Å². The van der Waals surface area contributed by atoms with E-state index in [1.54, 1.807) is 11.3 Å². The van der Waals surface area contributed by atoms with Crippen LogP contribution in [0.3, 0.4) is 0 Å². The summed E-state index contributed by atoms with van der Waals surface area (Å²) >= 11 is 2.69. The average molecular weight is 317 g/mol. The van der Waals surface area contributed by atoms with Gasteiger partial charge in [0.15, 0.2) is 0 Å². The summed E-state index contributed by atoms with van der Waals surface area (Å²) in [5.41, 5.74) is 2.00. The Morgan fingerprint density at radius 2 is 1.86 bits per heavy atom. The standard InChI is InChI=1S/C16H15NO2S2/c1-9-12(11-13(18)16(2,3)21-15(11)19)17-14(20-9)10-7-5-4-6-8-10/h4-8,18H,1-3H3. The molecule has 21 heavy (non-hydrogen) atoms. The fraction of sp³-hybridized carbons (Fsp3) is 0.250. The van der Waals surface area contributed by atoms with E-state index in [2.05, 4.69) is 4.98 Å². The molecule has 3 rings (SSSR count). The van der Waals surface area contributed by atoms with Crippen LogP contribution in [0, 0.1) is 6.92 Å². The van der Waals surface area contributed by atoms with Crippen LogP contribution >= 0.6 is 23.1 Å². The van der Waals surface area contributed by atoms with E-state index in [0.717, 1.165) is 27.2 Å². The minimum absolute atomic E-state index is 0.106. The molecule has 1 aromatic carbocycles. The van der Waals surface area contributed by atoms with E-state index in [0.29, 0.717) is 11.3 Å². The van der Waals surface area contributed by atoms with Gasteiger partial charge in [-0.1, -0.05) is 42.1 Å². The van der Waals surface area contributed by atoms with Gasteiger partial charge in [-0.15, -0.1) is 11.3 Å². The van der Waals surface area contributed by atoms with Gasteiger partial charge >= 0.3 is 0 Å². The molecule has 108 valence electrons. The Balaban J connectivity index is 2.11. The molecule has 0 bridgehead atoms. The topological polar surface area (TPSA) is 50.2 Å². The number of aliphatic hydroxyl groups excluding tert-OH is 1. The van der Waals surface area contributed by atoms with Crippen molar-refractivity contribution in [3.8, 4) is 10.6 Å². The van der Waals surface area contributed by atoms with Crippen molar-refractivity contribution in [1.29, 1.82) is 0 Å². The molecule has 1 aliphatic rings. The van der Waals surface area contributed by atoms with Crippen LogP contribution in [0.2, 0.25) is 0 Å². The van der Waals surface area contributed by atoms with E-state index in [1.165, 1.54) is 0 Å². The van der Waals surface area contributed by atoms with Gasteiger partial charge < -0.3 is 5.11 Å². The second kappa shape index (κ2) is 5.00. The molecule has 1 aliphatic heterocycles. The number of rotatable bonds is 2. The number of nitrogens with zero attached hydrogens (tertiary/aromatic N) is 1. The van der Waals surface area contributed by atoms with Crippen molar-refractivity contribution < 1.29 is 9.90 Å². The molecular weight excluding hydrogens is 302 g/mol. The highest BCUT2D eigenvalue weighted by atomic mass is 32.2. The second-order valence-corrected chi connectivity index (χ2v) is 8.21. The van der Waals surface area contributed by atoms with Crippen LogP contribution in [0.4, 0.5) is 0 Å². The summed E-state index contributed by atoms with van der Waals surface area (Å²) in [5, 5.41) is 11.1. The largest absolute Gasteiger partial charge is 0.510 e.